The van der Waals surface area contributed by atoms with E-state index in [4.69, 9.17) is 11.5 Å². The average molecular weight is 408 g/mol. The van der Waals surface area contributed by atoms with Crippen LogP contribution in [0.1, 0.15) is 23.6 Å². The molecule has 1 aromatic heterocycles. The van der Waals surface area contributed by atoms with Gasteiger partial charge in [0.25, 0.3) is 5.92 Å². The van der Waals surface area contributed by atoms with Crippen LogP contribution in [0.3, 0.4) is 0 Å². The van der Waals surface area contributed by atoms with Gasteiger partial charge < -0.3 is 11.5 Å². The van der Waals surface area contributed by atoms with Gasteiger partial charge in [-0.2, -0.15) is 13.2 Å². The number of hydrogen-bond donors (Lipinski definition) is 2. The van der Waals surface area contributed by atoms with E-state index in [1.165, 1.54) is 0 Å². The van der Waals surface area contributed by atoms with Crippen LogP contribution in [0.4, 0.5) is 27.8 Å². The maximum absolute atomic E-state index is 14.3. The van der Waals surface area contributed by atoms with E-state index in [0.717, 1.165) is 12.1 Å². The summed E-state index contributed by atoms with van der Waals surface area (Å²) in [5, 5.41) is 0. The van der Waals surface area contributed by atoms with E-state index in [2.05, 4.69) is 9.97 Å². The van der Waals surface area contributed by atoms with Crippen LogP contribution in [0.25, 0.3) is 22.6 Å². The molecule has 4 N–H and O–H groups in total. The van der Waals surface area contributed by atoms with Crippen LogP contribution >= 0.6 is 0 Å². The summed E-state index contributed by atoms with van der Waals surface area (Å²) in [6, 6.07) is 10.7. The largest absolute Gasteiger partial charge is 0.416 e. The molecule has 0 fully saturated rings. The lowest BCUT2D eigenvalue weighted by Crippen LogP contribution is -2.15. The number of nitrogens with zero attached hydrogens (tertiary/aromatic N) is 2. The minimum Gasteiger partial charge on any atom is -0.383 e. The summed E-state index contributed by atoms with van der Waals surface area (Å²) in [6.07, 6.45) is -4.77. The van der Waals surface area contributed by atoms with Crippen LogP contribution in [-0.2, 0) is 18.6 Å². The molecule has 4 nitrogen and oxygen atoms in total. The molecule has 2 aromatic carbocycles. The Labute approximate surface area is 163 Å². The fraction of sp³-hybridized carbons (Fsp3) is 0.200. The SMILES string of the molecule is CC(F)(F)c1cc(C(F)(F)F)ccc1-c1nc(-c2ccccc2)nc(N)c1CN. The van der Waals surface area contributed by atoms with Gasteiger partial charge in [-0.1, -0.05) is 36.4 Å². The van der Waals surface area contributed by atoms with E-state index in [1.807, 2.05) is 0 Å². The Morgan fingerprint density at radius 3 is 2.14 bits per heavy atom. The molecular weight excluding hydrogens is 391 g/mol. The summed E-state index contributed by atoms with van der Waals surface area (Å²) in [6.45, 7) is 0.350. The number of rotatable bonds is 4. The summed E-state index contributed by atoms with van der Waals surface area (Å²) >= 11 is 0. The quantitative estimate of drug-likeness (QED) is 0.597. The Kier molecular flexibility index (Phi) is 5.27. The topological polar surface area (TPSA) is 77.8 Å². The Morgan fingerprint density at radius 1 is 0.931 bits per heavy atom. The molecule has 152 valence electrons. The molecule has 0 saturated heterocycles. The van der Waals surface area contributed by atoms with Gasteiger partial charge in [-0.3, -0.25) is 0 Å². The molecule has 0 bridgehead atoms. The number of nitrogens with two attached hydrogens (primary N) is 2. The lowest BCUT2D eigenvalue weighted by molar-refractivity contribution is -0.137. The fourth-order valence-electron chi connectivity index (χ4n) is 2.93. The van der Waals surface area contributed by atoms with E-state index >= 15 is 0 Å². The van der Waals surface area contributed by atoms with Gasteiger partial charge in [-0.25, -0.2) is 18.7 Å². The van der Waals surface area contributed by atoms with E-state index in [9.17, 15) is 22.0 Å². The molecular formula is C20H17F5N4. The predicted octanol–water partition coefficient (Wildman–Crippen LogP) is 4.98. The van der Waals surface area contributed by atoms with Crippen LogP contribution < -0.4 is 11.5 Å². The zero-order chi connectivity index (χ0) is 21.4. The van der Waals surface area contributed by atoms with Crippen molar-refractivity contribution in [2.45, 2.75) is 25.6 Å². The van der Waals surface area contributed by atoms with E-state index in [-0.39, 0.29) is 35.0 Å². The highest BCUT2D eigenvalue weighted by Crippen LogP contribution is 2.41. The van der Waals surface area contributed by atoms with Crippen molar-refractivity contribution in [2.75, 3.05) is 5.73 Å². The molecule has 0 saturated carbocycles. The standard InChI is InChI=1S/C20H17F5N4/c1-19(21,22)15-9-12(20(23,24)25)7-8-13(15)16-14(10-26)17(27)29-18(28-16)11-5-3-2-4-6-11/h2-9H,10,26H2,1H3,(H2,27,28,29). The van der Waals surface area contributed by atoms with Crippen molar-refractivity contribution in [1.29, 1.82) is 0 Å². The number of nitrogen functional groups attached to an aromatic ring is 1. The molecule has 0 radical (unpaired) electrons. The molecule has 1 heterocycles. The minimum atomic E-state index is -4.77. The molecule has 3 aromatic rings. The third-order valence-corrected chi connectivity index (χ3v) is 4.35. The molecule has 0 atom stereocenters. The predicted molar refractivity (Wildman–Crippen MR) is 99.8 cm³/mol. The second-order valence-corrected chi connectivity index (χ2v) is 6.48. The lowest BCUT2D eigenvalue weighted by Gasteiger charge is -2.20. The van der Waals surface area contributed by atoms with Gasteiger partial charge in [0.1, 0.15) is 5.82 Å². The number of alkyl halides is 5. The molecule has 0 aliphatic carbocycles. The number of aromatic nitrogens is 2. The van der Waals surface area contributed by atoms with Crippen LogP contribution in [-0.4, -0.2) is 9.97 Å². The van der Waals surface area contributed by atoms with Crippen molar-refractivity contribution in [3.8, 4) is 22.6 Å². The third kappa shape index (κ3) is 4.19. The number of hydrogen-bond acceptors (Lipinski definition) is 4. The molecule has 0 aliphatic rings. The van der Waals surface area contributed by atoms with Crippen molar-refractivity contribution >= 4 is 5.82 Å². The van der Waals surface area contributed by atoms with Gasteiger partial charge in [-0.05, 0) is 12.1 Å². The van der Waals surface area contributed by atoms with Crippen molar-refractivity contribution in [1.82, 2.24) is 9.97 Å². The monoisotopic (exact) mass is 408 g/mol. The molecule has 9 heteroatoms. The summed E-state index contributed by atoms with van der Waals surface area (Å²) in [4.78, 5) is 8.49. The Balaban J connectivity index is 2.31. The zero-order valence-corrected chi connectivity index (χ0v) is 15.3. The first-order valence-electron chi connectivity index (χ1n) is 8.54. The second-order valence-electron chi connectivity index (χ2n) is 6.48. The summed E-state index contributed by atoms with van der Waals surface area (Å²) in [5.74, 6) is -3.43. The van der Waals surface area contributed by atoms with Crippen LogP contribution in [0.5, 0.6) is 0 Å². The maximum atomic E-state index is 14.3. The van der Waals surface area contributed by atoms with Crippen molar-refractivity contribution in [3.63, 3.8) is 0 Å². The highest BCUT2D eigenvalue weighted by atomic mass is 19.4. The normalized spacial score (nSPS) is 12.2. The molecule has 0 unspecified atom stereocenters. The van der Waals surface area contributed by atoms with E-state index in [0.29, 0.717) is 18.6 Å². The summed E-state index contributed by atoms with van der Waals surface area (Å²) < 4.78 is 67.7. The zero-order valence-electron chi connectivity index (χ0n) is 15.3. The Bertz CT molecular complexity index is 1030. The van der Waals surface area contributed by atoms with E-state index in [1.54, 1.807) is 30.3 Å². The smallest absolute Gasteiger partial charge is 0.383 e. The van der Waals surface area contributed by atoms with Crippen LogP contribution in [0, 0.1) is 0 Å². The van der Waals surface area contributed by atoms with E-state index < -0.39 is 23.2 Å². The highest BCUT2D eigenvalue weighted by Gasteiger charge is 2.36. The Morgan fingerprint density at radius 2 is 1.59 bits per heavy atom. The summed E-state index contributed by atoms with van der Waals surface area (Å²) in [7, 11) is 0. The number of halogens is 5. The average Bonchev–Trinajstić information content (AvgIpc) is 2.66. The molecule has 29 heavy (non-hydrogen) atoms. The minimum absolute atomic E-state index is 0.0240. The third-order valence-electron chi connectivity index (χ3n) is 4.35. The van der Waals surface area contributed by atoms with Crippen LogP contribution in [0.15, 0.2) is 48.5 Å². The van der Waals surface area contributed by atoms with Gasteiger partial charge in [0, 0.05) is 35.7 Å². The van der Waals surface area contributed by atoms with Gasteiger partial charge in [0.15, 0.2) is 5.82 Å². The Hall–Kier alpha value is -3.07. The molecule has 3 rings (SSSR count). The maximum Gasteiger partial charge on any atom is 0.416 e. The van der Waals surface area contributed by atoms with Crippen LogP contribution in [0.2, 0.25) is 0 Å². The van der Waals surface area contributed by atoms with Crippen molar-refractivity contribution in [2.24, 2.45) is 5.73 Å². The van der Waals surface area contributed by atoms with Gasteiger partial charge in [0.05, 0.1) is 11.3 Å². The molecule has 0 aliphatic heterocycles. The first-order valence-corrected chi connectivity index (χ1v) is 8.54. The van der Waals surface area contributed by atoms with Crippen molar-refractivity contribution < 1.29 is 22.0 Å². The molecule has 0 amide bonds. The first kappa shape index (κ1) is 20.7. The fourth-order valence-corrected chi connectivity index (χ4v) is 2.93. The lowest BCUT2D eigenvalue weighted by atomic mass is 9.94. The highest BCUT2D eigenvalue weighted by molar-refractivity contribution is 5.74. The second kappa shape index (κ2) is 7.40. The number of benzene rings is 2. The molecule has 0 spiro atoms. The van der Waals surface area contributed by atoms with Gasteiger partial charge in [-0.15, -0.1) is 0 Å². The summed E-state index contributed by atoms with van der Waals surface area (Å²) in [5.41, 5.74) is 10.2. The van der Waals surface area contributed by atoms with Gasteiger partial charge in [0.2, 0.25) is 0 Å². The number of anilines is 1. The van der Waals surface area contributed by atoms with Gasteiger partial charge >= 0.3 is 6.18 Å². The van der Waals surface area contributed by atoms with Crippen molar-refractivity contribution in [3.05, 3.63) is 65.2 Å². The first-order chi connectivity index (χ1) is 13.5.